The molecule has 0 radical (unpaired) electrons. The first-order valence-corrected chi connectivity index (χ1v) is 11.2. The maximum absolute atomic E-state index is 8.36. The number of benzene rings is 1. The molecule has 0 unspecified atom stereocenters. The fraction of sp³-hybridized carbons (Fsp3) is 0.720. The summed E-state index contributed by atoms with van der Waals surface area (Å²) in [6.45, 7) is 13.1. The molecule has 0 amide bonds. The first kappa shape index (κ1) is 27.9. The smallest absolute Gasteiger partial charge is 0.290 e. The summed E-state index contributed by atoms with van der Waals surface area (Å²) in [6.07, 6.45) is 14.2. The molecule has 1 fully saturated rings. The topological polar surface area (TPSA) is 37.3 Å². The van der Waals surface area contributed by atoms with Gasteiger partial charge in [-0.05, 0) is 29.7 Å². The van der Waals surface area contributed by atoms with Gasteiger partial charge in [0.2, 0.25) is 0 Å². The Morgan fingerprint density at radius 1 is 0.926 bits per heavy atom. The van der Waals surface area contributed by atoms with Gasteiger partial charge in [-0.25, -0.2) is 0 Å². The molecule has 0 heterocycles. The fourth-order valence-electron chi connectivity index (χ4n) is 3.60. The third-order valence-corrected chi connectivity index (χ3v) is 5.35. The summed E-state index contributed by atoms with van der Waals surface area (Å²) in [5, 5.41) is 6.89. The lowest BCUT2D eigenvalue weighted by Gasteiger charge is -2.32. The number of carboxylic acid groups (broad SMARTS) is 1. The van der Waals surface area contributed by atoms with Crippen molar-refractivity contribution < 1.29 is 9.90 Å². The van der Waals surface area contributed by atoms with Gasteiger partial charge in [0.15, 0.2) is 0 Å². The van der Waals surface area contributed by atoms with E-state index in [4.69, 9.17) is 9.90 Å². The Bertz CT molecular complexity index is 400. The van der Waals surface area contributed by atoms with Crippen LogP contribution < -0.4 is 0 Å². The summed E-state index contributed by atoms with van der Waals surface area (Å²) in [6, 6.07) is 11.0. The molecule has 0 atom stereocenters. The SMILES string of the molecule is CC.CC(C)(c1ccccc1)C1CCCC1.CCCCCCCC.O=CO. The lowest BCUT2D eigenvalue weighted by Crippen LogP contribution is -2.26. The second-order valence-corrected chi connectivity index (χ2v) is 7.59. The minimum atomic E-state index is -0.250. The van der Waals surface area contributed by atoms with Crippen molar-refractivity contribution in [2.24, 2.45) is 5.92 Å². The summed E-state index contributed by atoms with van der Waals surface area (Å²) in [4.78, 5) is 8.36. The van der Waals surface area contributed by atoms with Crippen LogP contribution in [0.2, 0.25) is 0 Å². The van der Waals surface area contributed by atoms with E-state index in [1.165, 1.54) is 69.8 Å². The van der Waals surface area contributed by atoms with Crippen LogP contribution in [-0.4, -0.2) is 11.6 Å². The van der Waals surface area contributed by atoms with E-state index in [1.54, 1.807) is 0 Å². The first-order chi connectivity index (χ1) is 13.0. The first-order valence-electron chi connectivity index (χ1n) is 11.2. The number of hydrogen-bond acceptors (Lipinski definition) is 1. The van der Waals surface area contributed by atoms with Crippen molar-refractivity contribution in [3.05, 3.63) is 35.9 Å². The minimum absolute atomic E-state index is 0.250. The molecule has 1 aliphatic rings. The van der Waals surface area contributed by atoms with Crippen molar-refractivity contribution in [1.82, 2.24) is 0 Å². The molecule has 1 saturated carbocycles. The summed E-state index contributed by atoms with van der Waals surface area (Å²) in [5.74, 6) is 0.893. The highest BCUT2D eigenvalue weighted by molar-refractivity contribution is 5.32. The highest BCUT2D eigenvalue weighted by Crippen LogP contribution is 2.41. The van der Waals surface area contributed by atoms with Crippen LogP contribution in [0.5, 0.6) is 0 Å². The molecule has 158 valence electrons. The zero-order valence-electron chi connectivity index (χ0n) is 19.0. The van der Waals surface area contributed by atoms with E-state index in [0.717, 1.165) is 5.92 Å². The molecular weight excluding hydrogens is 332 g/mol. The molecule has 0 spiro atoms. The van der Waals surface area contributed by atoms with Crippen LogP contribution in [0.15, 0.2) is 30.3 Å². The van der Waals surface area contributed by atoms with Gasteiger partial charge in [-0.3, -0.25) is 4.79 Å². The molecule has 0 bridgehead atoms. The summed E-state index contributed by atoms with van der Waals surface area (Å²) in [5.41, 5.74) is 1.88. The minimum Gasteiger partial charge on any atom is -0.483 e. The zero-order chi connectivity index (χ0) is 21.0. The summed E-state index contributed by atoms with van der Waals surface area (Å²) >= 11 is 0. The van der Waals surface area contributed by atoms with E-state index in [0.29, 0.717) is 5.41 Å². The van der Waals surface area contributed by atoms with E-state index in [9.17, 15) is 0 Å². The van der Waals surface area contributed by atoms with Crippen LogP contribution >= 0.6 is 0 Å². The molecule has 0 aliphatic heterocycles. The number of hydrogen-bond donors (Lipinski definition) is 1. The Labute approximate surface area is 169 Å². The summed E-state index contributed by atoms with van der Waals surface area (Å²) in [7, 11) is 0. The van der Waals surface area contributed by atoms with Crippen LogP contribution in [0.3, 0.4) is 0 Å². The van der Waals surface area contributed by atoms with Gasteiger partial charge in [-0.15, -0.1) is 0 Å². The van der Waals surface area contributed by atoms with Crippen molar-refractivity contribution in [3.63, 3.8) is 0 Å². The Hall–Kier alpha value is -1.31. The average Bonchev–Trinajstić information content (AvgIpc) is 3.25. The molecule has 2 nitrogen and oxygen atoms in total. The lowest BCUT2D eigenvalue weighted by atomic mass is 9.72. The van der Waals surface area contributed by atoms with Gasteiger partial charge >= 0.3 is 0 Å². The quantitative estimate of drug-likeness (QED) is 0.383. The van der Waals surface area contributed by atoms with Crippen LogP contribution in [0, 0.1) is 5.92 Å². The number of carbonyl (C=O) groups is 1. The lowest BCUT2D eigenvalue weighted by molar-refractivity contribution is -0.122. The molecule has 1 aromatic carbocycles. The molecule has 27 heavy (non-hydrogen) atoms. The van der Waals surface area contributed by atoms with Crippen molar-refractivity contribution >= 4 is 6.47 Å². The maximum atomic E-state index is 8.36. The number of rotatable bonds is 7. The van der Waals surface area contributed by atoms with Gasteiger partial charge in [0.05, 0.1) is 0 Å². The number of unbranched alkanes of at least 4 members (excludes halogenated alkanes) is 5. The molecule has 1 aromatic rings. The Kier molecular flexibility index (Phi) is 20.1. The van der Waals surface area contributed by atoms with Crippen LogP contribution in [0.4, 0.5) is 0 Å². The fourth-order valence-corrected chi connectivity index (χ4v) is 3.60. The van der Waals surface area contributed by atoms with Crippen molar-refractivity contribution in [2.75, 3.05) is 0 Å². The average molecular weight is 379 g/mol. The molecule has 1 N–H and O–H groups in total. The van der Waals surface area contributed by atoms with Crippen LogP contribution in [0.25, 0.3) is 0 Å². The second-order valence-electron chi connectivity index (χ2n) is 7.59. The van der Waals surface area contributed by atoms with Crippen molar-refractivity contribution in [1.29, 1.82) is 0 Å². The monoisotopic (exact) mass is 378 g/mol. The van der Waals surface area contributed by atoms with Crippen LogP contribution in [0.1, 0.15) is 111 Å². The molecular formula is C25H46O2. The standard InChI is InChI=1S/C14H20.C8H18.C2H6.CH2O2/c1-14(2,13-10-6-7-11-13)12-8-4-3-5-9-12;1-3-5-7-8-6-4-2;1-2;2-1-3/h3-5,8-9,13H,6-7,10-11H2,1-2H3;3-8H2,1-2H3;1-2H3;1H,(H,2,3). The highest BCUT2D eigenvalue weighted by atomic mass is 16.3. The van der Waals surface area contributed by atoms with E-state index >= 15 is 0 Å². The van der Waals surface area contributed by atoms with Gasteiger partial charge in [-0.1, -0.05) is 123 Å². The van der Waals surface area contributed by atoms with Crippen molar-refractivity contribution in [2.45, 2.75) is 111 Å². The maximum Gasteiger partial charge on any atom is 0.290 e. The molecule has 2 rings (SSSR count). The van der Waals surface area contributed by atoms with Gasteiger partial charge in [-0.2, -0.15) is 0 Å². The largest absolute Gasteiger partial charge is 0.483 e. The molecule has 0 saturated heterocycles. The van der Waals surface area contributed by atoms with Gasteiger partial charge in [0.25, 0.3) is 6.47 Å². The molecule has 2 heteroatoms. The van der Waals surface area contributed by atoms with E-state index in [2.05, 4.69) is 58.0 Å². The Morgan fingerprint density at radius 2 is 1.33 bits per heavy atom. The summed E-state index contributed by atoms with van der Waals surface area (Å²) < 4.78 is 0. The molecule has 0 aromatic heterocycles. The third-order valence-electron chi connectivity index (χ3n) is 5.35. The third kappa shape index (κ3) is 13.5. The van der Waals surface area contributed by atoms with E-state index in [1.807, 2.05) is 13.8 Å². The normalized spacial score (nSPS) is 13.3. The van der Waals surface area contributed by atoms with E-state index < -0.39 is 0 Å². The second kappa shape index (κ2) is 19.5. The highest BCUT2D eigenvalue weighted by Gasteiger charge is 2.32. The Morgan fingerprint density at radius 3 is 1.70 bits per heavy atom. The van der Waals surface area contributed by atoms with Gasteiger partial charge in [0.1, 0.15) is 0 Å². The van der Waals surface area contributed by atoms with Crippen molar-refractivity contribution in [3.8, 4) is 0 Å². The predicted molar refractivity (Wildman–Crippen MR) is 121 cm³/mol. The van der Waals surface area contributed by atoms with Gasteiger partial charge < -0.3 is 5.11 Å². The predicted octanol–water partition coefficient (Wildman–Crippen LogP) is 8.25. The van der Waals surface area contributed by atoms with Crippen LogP contribution in [-0.2, 0) is 10.2 Å². The zero-order valence-corrected chi connectivity index (χ0v) is 19.0. The van der Waals surface area contributed by atoms with E-state index in [-0.39, 0.29) is 6.47 Å². The Balaban J connectivity index is 0. The molecule has 1 aliphatic carbocycles. The van der Waals surface area contributed by atoms with Gasteiger partial charge in [0, 0.05) is 0 Å².